The molecule has 0 bridgehead atoms. The molecule has 0 aromatic carbocycles. The van der Waals surface area contributed by atoms with Gasteiger partial charge in [-0.15, -0.1) is 0 Å². The fourth-order valence-electron chi connectivity index (χ4n) is 0.596. The first kappa shape index (κ1) is 8.25. The van der Waals surface area contributed by atoms with Crippen LogP contribution >= 0.6 is 22.6 Å². The summed E-state index contributed by atoms with van der Waals surface area (Å²) in [4.78, 5) is 23.8. The Bertz CT molecular complexity index is 390. The Labute approximate surface area is 75.7 Å². The standard InChI is InChI=1S/C6H5IN2O2/c1-2-9-3-4(7)5(10)8-6(9)11/h2-3H,1H2,(H,8,10,11). The van der Waals surface area contributed by atoms with Gasteiger partial charge in [0.1, 0.15) is 0 Å². The normalized spacial score (nSPS) is 9.55. The lowest BCUT2D eigenvalue weighted by molar-refractivity contribution is 0.927. The zero-order chi connectivity index (χ0) is 8.43. The van der Waals surface area contributed by atoms with Crippen molar-refractivity contribution in [2.75, 3.05) is 0 Å². The van der Waals surface area contributed by atoms with E-state index in [-0.39, 0.29) is 5.56 Å². The zero-order valence-electron chi connectivity index (χ0n) is 5.50. The van der Waals surface area contributed by atoms with Gasteiger partial charge in [0.15, 0.2) is 0 Å². The highest BCUT2D eigenvalue weighted by Crippen LogP contribution is 1.91. The SMILES string of the molecule is C=Cn1cc(I)c(=O)[nH]c1=O. The summed E-state index contributed by atoms with van der Waals surface area (Å²) in [5.74, 6) is 0. The lowest BCUT2D eigenvalue weighted by Gasteiger charge is -1.95. The summed E-state index contributed by atoms with van der Waals surface area (Å²) < 4.78 is 1.67. The van der Waals surface area contributed by atoms with Gasteiger partial charge in [-0.2, -0.15) is 0 Å². The molecule has 0 atom stereocenters. The second-order valence-electron chi connectivity index (χ2n) is 1.83. The molecule has 0 amide bonds. The van der Waals surface area contributed by atoms with E-state index >= 15 is 0 Å². The first-order chi connectivity index (χ1) is 5.15. The molecule has 0 saturated heterocycles. The van der Waals surface area contributed by atoms with Gasteiger partial charge in [-0.05, 0) is 22.6 Å². The minimum Gasteiger partial charge on any atom is -0.276 e. The summed E-state index contributed by atoms with van der Waals surface area (Å²) in [6.07, 6.45) is 2.76. The van der Waals surface area contributed by atoms with E-state index in [1.54, 1.807) is 0 Å². The average molecular weight is 264 g/mol. The van der Waals surface area contributed by atoms with E-state index in [2.05, 4.69) is 11.6 Å². The van der Waals surface area contributed by atoms with Crippen LogP contribution in [0.2, 0.25) is 0 Å². The third-order valence-corrected chi connectivity index (χ3v) is 1.89. The molecular formula is C6H5IN2O2. The Balaban J connectivity index is 3.57. The second kappa shape index (κ2) is 3.04. The van der Waals surface area contributed by atoms with Crippen molar-refractivity contribution in [1.29, 1.82) is 0 Å². The molecule has 11 heavy (non-hydrogen) atoms. The smallest absolute Gasteiger partial charge is 0.276 e. The molecule has 0 fully saturated rings. The van der Waals surface area contributed by atoms with Crippen LogP contribution in [-0.2, 0) is 0 Å². The fraction of sp³-hybridized carbons (Fsp3) is 0. The van der Waals surface area contributed by atoms with E-state index < -0.39 is 5.69 Å². The molecule has 1 N–H and O–H groups in total. The maximum atomic E-state index is 10.9. The van der Waals surface area contributed by atoms with Gasteiger partial charge in [-0.3, -0.25) is 14.3 Å². The number of hydrogen-bond donors (Lipinski definition) is 1. The molecule has 0 aliphatic heterocycles. The first-order valence-corrected chi connectivity index (χ1v) is 3.86. The van der Waals surface area contributed by atoms with E-state index in [1.807, 2.05) is 22.6 Å². The molecule has 0 radical (unpaired) electrons. The Morgan fingerprint density at radius 3 is 2.82 bits per heavy atom. The molecule has 5 heteroatoms. The van der Waals surface area contributed by atoms with Gasteiger partial charge in [0.25, 0.3) is 5.56 Å². The number of H-pyrrole nitrogens is 1. The number of hydrogen-bond acceptors (Lipinski definition) is 2. The van der Waals surface area contributed by atoms with Crippen LogP contribution in [0.25, 0.3) is 6.20 Å². The molecule has 4 nitrogen and oxygen atoms in total. The van der Waals surface area contributed by atoms with Gasteiger partial charge in [0, 0.05) is 12.4 Å². The molecule has 58 valence electrons. The van der Waals surface area contributed by atoms with E-state index in [0.29, 0.717) is 3.57 Å². The molecule has 1 heterocycles. The van der Waals surface area contributed by atoms with Crippen LogP contribution in [0.4, 0.5) is 0 Å². The van der Waals surface area contributed by atoms with Crippen molar-refractivity contribution in [2.45, 2.75) is 0 Å². The Morgan fingerprint density at radius 2 is 2.27 bits per heavy atom. The first-order valence-electron chi connectivity index (χ1n) is 2.78. The summed E-state index contributed by atoms with van der Waals surface area (Å²) in [6, 6.07) is 0. The van der Waals surface area contributed by atoms with Crippen molar-refractivity contribution >= 4 is 28.8 Å². The maximum Gasteiger partial charge on any atom is 0.332 e. The highest BCUT2D eigenvalue weighted by Gasteiger charge is 1.96. The minimum absolute atomic E-state index is 0.367. The van der Waals surface area contributed by atoms with Gasteiger partial charge in [0.05, 0.1) is 3.57 Å². The lowest BCUT2D eigenvalue weighted by atomic mass is 10.6. The Hall–Kier alpha value is -0.850. The van der Waals surface area contributed by atoms with Crippen molar-refractivity contribution in [3.8, 4) is 0 Å². The highest BCUT2D eigenvalue weighted by atomic mass is 127. The number of aromatic amines is 1. The van der Waals surface area contributed by atoms with Crippen LogP contribution < -0.4 is 11.2 Å². The van der Waals surface area contributed by atoms with Crippen LogP contribution in [0, 0.1) is 3.57 Å². The topological polar surface area (TPSA) is 54.9 Å². The number of rotatable bonds is 1. The quantitative estimate of drug-likeness (QED) is 0.739. The average Bonchev–Trinajstić information content (AvgIpc) is 1.97. The summed E-state index contributed by atoms with van der Waals surface area (Å²) in [6.45, 7) is 3.40. The molecule has 0 aliphatic carbocycles. The summed E-state index contributed by atoms with van der Waals surface area (Å²) in [5, 5.41) is 0. The molecule has 0 unspecified atom stereocenters. The molecule has 1 aromatic rings. The highest BCUT2D eigenvalue weighted by molar-refractivity contribution is 14.1. The van der Waals surface area contributed by atoms with Crippen molar-refractivity contribution in [3.05, 3.63) is 37.2 Å². The lowest BCUT2D eigenvalue weighted by Crippen LogP contribution is -2.28. The zero-order valence-corrected chi connectivity index (χ0v) is 7.66. The fourth-order valence-corrected chi connectivity index (χ4v) is 1.03. The van der Waals surface area contributed by atoms with Gasteiger partial charge in [0.2, 0.25) is 0 Å². The third-order valence-electron chi connectivity index (χ3n) is 1.12. The van der Waals surface area contributed by atoms with Crippen LogP contribution in [0.15, 0.2) is 22.4 Å². The second-order valence-corrected chi connectivity index (χ2v) is 2.99. The van der Waals surface area contributed by atoms with E-state index in [1.165, 1.54) is 17.0 Å². The van der Waals surface area contributed by atoms with Crippen LogP contribution in [0.3, 0.4) is 0 Å². The van der Waals surface area contributed by atoms with Crippen LogP contribution in [0.1, 0.15) is 0 Å². The minimum atomic E-state index is -0.467. The van der Waals surface area contributed by atoms with Crippen LogP contribution in [-0.4, -0.2) is 9.55 Å². The van der Waals surface area contributed by atoms with Gasteiger partial charge >= 0.3 is 5.69 Å². The number of halogens is 1. The van der Waals surface area contributed by atoms with Crippen molar-refractivity contribution in [3.63, 3.8) is 0 Å². The van der Waals surface area contributed by atoms with Crippen molar-refractivity contribution < 1.29 is 0 Å². The Kier molecular flexibility index (Phi) is 2.28. The van der Waals surface area contributed by atoms with E-state index in [0.717, 1.165) is 0 Å². The predicted octanol–water partition coefficient (Wildman–Crippen LogP) is 0.242. The van der Waals surface area contributed by atoms with E-state index in [9.17, 15) is 9.59 Å². The van der Waals surface area contributed by atoms with Crippen molar-refractivity contribution in [1.82, 2.24) is 9.55 Å². The third kappa shape index (κ3) is 1.59. The molecule has 0 spiro atoms. The Morgan fingerprint density at radius 1 is 1.64 bits per heavy atom. The van der Waals surface area contributed by atoms with Gasteiger partial charge in [-0.25, -0.2) is 4.79 Å². The van der Waals surface area contributed by atoms with Crippen molar-refractivity contribution in [2.24, 2.45) is 0 Å². The molecule has 1 aromatic heterocycles. The number of aromatic nitrogens is 2. The molecule has 0 aliphatic rings. The monoisotopic (exact) mass is 264 g/mol. The maximum absolute atomic E-state index is 10.9. The molecule has 0 saturated carbocycles. The molecular weight excluding hydrogens is 259 g/mol. The number of nitrogens with zero attached hydrogens (tertiary/aromatic N) is 1. The molecule has 1 rings (SSSR count). The largest absolute Gasteiger partial charge is 0.332 e. The number of nitrogens with one attached hydrogen (secondary N) is 1. The summed E-state index contributed by atoms with van der Waals surface area (Å²) in [5.41, 5.74) is -0.834. The summed E-state index contributed by atoms with van der Waals surface area (Å²) >= 11 is 1.84. The van der Waals surface area contributed by atoms with Gasteiger partial charge in [-0.1, -0.05) is 6.58 Å². The van der Waals surface area contributed by atoms with Crippen LogP contribution in [0.5, 0.6) is 0 Å². The van der Waals surface area contributed by atoms with E-state index in [4.69, 9.17) is 0 Å². The predicted molar refractivity (Wildman–Crippen MR) is 50.4 cm³/mol. The van der Waals surface area contributed by atoms with Gasteiger partial charge < -0.3 is 0 Å². The summed E-state index contributed by atoms with van der Waals surface area (Å²) in [7, 11) is 0.